The Kier molecular flexibility index (Phi) is 6.66. The molecule has 0 aliphatic carbocycles. The molecule has 1 fully saturated rings. The lowest BCUT2D eigenvalue weighted by atomic mass is 10.1. The molecule has 6 nitrogen and oxygen atoms in total. The van der Waals surface area contributed by atoms with Crippen LogP contribution >= 0.6 is 0 Å². The Morgan fingerprint density at radius 1 is 1.00 bits per heavy atom. The predicted octanol–water partition coefficient (Wildman–Crippen LogP) is 2.22. The summed E-state index contributed by atoms with van der Waals surface area (Å²) >= 11 is 0. The average Bonchev–Trinajstić information content (AvgIpc) is 2.74. The Bertz CT molecular complexity index is 784. The van der Waals surface area contributed by atoms with Gasteiger partial charge in [0.2, 0.25) is 0 Å². The van der Waals surface area contributed by atoms with Crippen LogP contribution in [0.15, 0.2) is 54.6 Å². The highest BCUT2D eigenvalue weighted by atomic mass is 16.5. The van der Waals surface area contributed by atoms with Crippen LogP contribution in [-0.4, -0.2) is 54.9 Å². The highest BCUT2D eigenvalue weighted by molar-refractivity contribution is 6.35. The number of nitrogens with one attached hydrogen (secondary N) is 1. The van der Waals surface area contributed by atoms with E-state index < -0.39 is 11.8 Å². The number of rotatable bonds is 5. The lowest BCUT2D eigenvalue weighted by Gasteiger charge is -2.34. The molecule has 2 aromatic carbocycles. The summed E-state index contributed by atoms with van der Waals surface area (Å²) in [4.78, 5) is 28.8. The Morgan fingerprint density at radius 2 is 1.64 bits per heavy atom. The lowest BCUT2D eigenvalue weighted by Crippen LogP contribution is -2.52. The first-order valence-corrected chi connectivity index (χ1v) is 9.57. The molecule has 148 valence electrons. The van der Waals surface area contributed by atoms with Crippen LogP contribution < -0.4 is 10.1 Å². The smallest absolute Gasteiger partial charge is 0.311 e. The quantitative estimate of drug-likeness (QED) is 0.807. The summed E-state index contributed by atoms with van der Waals surface area (Å²) in [7, 11) is 1.61. The predicted molar refractivity (Wildman–Crippen MR) is 108 cm³/mol. The number of amides is 2. The minimum absolute atomic E-state index is 0.248. The van der Waals surface area contributed by atoms with Crippen LogP contribution in [0.5, 0.6) is 5.75 Å². The summed E-state index contributed by atoms with van der Waals surface area (Å²) in [5, 5.41) is 2.80. The van der Waals surface area contributed by atoms with Crippen LogP contribution in [0.25, 0.3) is 0 Å². The van der Waals surface area contributed by atoms with Crippen molar-refractivity contribution in [2.45, 2.75) is 19.5 Å². The van der Waals surface area contributed by atoms with Crippen LogP contribution in [-0.2, 0) is 16.1 Å². The second-order valence-electron chi connectivity index (χ2n) is 7.02. The molecule has 1 atom stereocenters. The van der Waals surface area contributed by atoms with E-state index in [0.717, 1.165) is 30.9 Å². The van der Waals surface area contributed by atoms with Gasteiger partial charge in [0.25, 0.3) is 0 Å². The second kappa shape index (κ2) is 9.37. The summed E-state index contributed by atoms with van der Waals surface area (Å²) in [6, 6.07) is 17.5. The fourth-order valence-electron chi connectivity index (χ4n) is 3.33. The normalized spacial score (nSPS) is 15.7. The van der Waals surface area contributed by atoms with Gasteiger partial charge in [0.15, 0.2) is 0 Å². The van der Waals surface area contributed by atoms with Gasteiger partial charge in [-0.05, 0) is 30.2 Å². The molecule has 0 aromatic heterocycles. The molecule has 6 heteroatoms. The van der Waals surface area contributed by atoms with Crippen molar-refractivity contribution in [2.24, 2.45) is 0 Å². The summed E-state index contributed by atoms with van der Waals surface area (Å²) < 4.78 is 5.14. The minimum Gasteiger partial charge on any atom is -0.497 e. The number of piperazine rings is 1. The van der Waals surface area contributed by atoms with E-state index in [1.807, 2.05) is 49.4 Å². The zero-order chi connectivity index (χ0) is 19.9. The van der Waals surface area contributed by atoms with Crippen molar-refractivity contribution in [3.8, 4) is 5.75 Å². The van der Waals surface area contributed by atoms with Crippen molar-refractivity contribution in [3.63, 3.8) is 0 Å². The van der Waals surface area contributed by atoms with E-state index in [9.17, 15) is 9.59 Å². The zero-order valence-corrected chi connectivity index (χ0v) is 16.4. The first-order valence-electron chi connectivity index (χ1n) is 9.57. The molecule has 2 aromatic rings. The van der Waals surface area contributed by atoms with Crippen molar-refractivity contribution in [1.29, 1.82) is 0 Å². The number of nitrogens with zero attached hydrogens (tertiary/aromatic N) is 2. The van der Waals surface area contributed by atoms with Crippen LogP contribution in [0.2, 0.25) is 0 Å². The molecular formula is C22H27N3O3. The van der Waals surface area contributed by atoms with E-state index in [2.05, 4.69) is 22.3 Å². The number of hydrogen-bond acceptors (Lipinski definition) is 4. The molecule has 3 rings (SSSR count). The van der Waals surface area contributed by atoms with Gasteiger partial charge in [-0.15, -0.1) is 0 Å². The largest absolute Gasteiger partial charge is 0.497 e. The molecule has 1 unspecified atom stereocenters. The van der Waals surface area contributed by atoms with Crippen molar-refractivity contribution in [2.75, 3.05) is 33.3 Å². The average molecular weight is 381 g/mol. The molecule has 1 heterocycles. The SMILES string of the molecule is COc1ccc(C(C)NC(=O)C(=O)N2CCN(Cc3ccccc3)CC2)cc1. The van der Waals surface area contributed by atoms with Crippen molar-refractivity contribution in [3.05, 3.63) is 65.7 Å². The highest BCUT2D eigenvalue weighted by Gasteiger charge is 2.27. The van der Waals surface area contributed by atoms with Crippen LogP contribution in [0.3, 0.4) is 0 Å². The van der Waals surface area contributed by atoms with E-state index in [1.54, 1.807) is 12.0 Å². The summed E-state index contributed by atoms with van der Waals surface area (Å²) in [5.74, 6) is -0.258. The molecule has 0 bridgehead atoms. The highest BCUT2D eigenvalue weighted by Crippen LogP contribution is 2.17. The number of methoxy groups -OCH3 is 1. The van der Waals surface area contributed by atoms with Crippen LogP contribution in [0.1, 0.15) is 24.1 Å². The monoisotopic (exact) mass is 381 g/mol. The molecule has 0 spiro atoms. The van der Waals surface area contributed by atoms with Crippen molar-refractivity contribution < 1.29 is 14.3 Å². The van der Waals surface area contributed by atoms with Gasteiger partial charge in [0, 0.05) is 32.7 Å². The number of carbonyl (C=O) groups is 2. The van der Waals surface area contributed by atoms with E-state index in [4.69, 9.17) is 4.74 Å². The van der Waals surface area contributed by atoms with Gasteiger partial charge < -0.3 is 15.0 Å². The van der Waals surface area contributed by atoms with Gasteiger partial charge in [-0.1, -0.05) is 42.5 Å². The third-order valence-electron chi connectivity index (χ3n) is 5.07. The lowest BCUT2D eigenvalue weighted by molar-refractivity contribution is -0.147. The Labute approximate surface area is 166 Å². The van der Waals surface area contributed by atoms with E-state index in [1.165, 1.54) is 5.56 Å². The van der Waals surface area contributed by atoms with Gasteiger partial charge in [-0.2, -0.15) is 0 Å². The number of hydrogen-bond donors (Lipinski definition) is 1. The third-order valence-corrected chi connectivity index (χ3v) is 5.07. The molecule has 1 N–H and O–H groups in total. The van der Waals surface area contributed by atoms with Crippen molar-refractivity contribution in [1.82, 2.24) is 15.1 Å². The maximum Gasteiger partial charge on any atom is 0.311 e. The summed E-state index contributed by atoms with van der Waals surface area (Å²) in [6.45, 7) is 5.39. The Hall–Kier alpha value is -2.86. The number of carbonyl (C=O) groups excluding carboxylic acids is 2. The summed E-state index contributed by atoms with van der Waals surface area (Å²) in [6.07, 6.45) is 0. The minimum atomic E-state index is -0.556. The van der Waals surface area contributed by atoms with E-state index in [0.29, 0.717) is 13.1 Å². The zero-order valence-electron chi connectivity index (χ0n) is 16.4. The Morgan fingerprint density at radius 3 is 2.25 bits per heavy atom. The standard InChI is InChI=1S/C22H27N3O3/c1-17(19-8-10-20(28-2)11-9-19)23-21(26)22(27)25-14-12-24(13-15-25)16-18-6-4-3-5-7-18/h3-11,17H,12-16H2,1-2H3,(H,23,26). The number of benzene rings is 2. The molecule has 1 aliphatic heterocycles. The van der Waals surface area contributed by atoms with Crippen molar-refractivity contribution >= 4 is 11.8 Å². The fraction of sp³-hybridized carbons (Fsp3) is 0.364. The maximum absolute atomic E-state index is 12.5. The second-order valence-corrected chi connectivity index (χ2v) is 7.02. The van der Waals surface area contributed by atoms with Gasteiger partial charge in [0.1, 0.15) is 5.75 Å². The fourth-order valence-corrected chi connectivity index (χ4v) is 3.33. The van der Waals surface area contributed by atoms with E-state index >= 15 is 0 Å². The van der Waals surface area contributed by atoms with Gasteiger partial charge in [0.05, 0.1) is 13.2 Å². The topological polar surface area (TPSA) is 61.9 Å². The molecule has 1 aliphatic rings. The number of ether oxygens (including phenoxy) is 1. The molecule has 0 radical (unpaired) electrons. The molecule has 28 heavy (non-hydrogen) atoms. The van der Waals surface area contributed by atoms with Gasteiger partial charge in [-0.25, -0.2) is 0 Å². The van der Waals surface area contributed by atoms with Gasteiger partial charge in [-0.3, -0.25) is 14.5 Å². The molecule has 0 saturated carbocycles. The van der Waals surface area contributed by atoms with Gasteiger partial charge >= 0.3 is 11.8 Å². The third kappa shape index (κ3) is 5.10. The maximum atomic E-state index is 12.5. The summed E-state index contributed by atoms with van der Waals surface area (Å²) in [5.41, 5.74) is 2.18. The molecule has 1 saturated heterocycles. The molecular weight excluding hydrogens is 354 g/mol. The first-order chi connectivity index (χ1) is 13.6. The van der Waals surface area contributed by atoms with Crippen LogP contribution in [0.4, 0.5) is 0 Å². The first kappa shape index (κ1) is 19.9. The molecule has 2 amide bonds. The van der Waals surface area contributed by atoms with E-state index in [-0.39, 0.29) is 6.04 Å². The van der Waals surface area contributed by atoms with Crippen LogP contribution in [0, 0.1) is 0 Å². The Balaban J connectivity index is 1.48.